The zero-order valence-electron chi connectivity index (χ0n) is 22.2. The van der Waals surface area contributed by atoms with E-state index in [9.17, 15) is 4.79 Å². The number of rotatable bonds is 16. The van der Waals surface area contributed by atoms with E-state index in [1.54, 1.807) is 0 Å². The first kappa shape index (κ1) is 40.4. The number of aliphatic hydroxyl groups is 2. The van der Waals surface area contributed by atoms with Crippen LogP contribution in [0.1, 0.15) is 78.5 Å². The van der Waals surface area contributed by atoms with Crippen molar-refractivity contribution in [3.8, 4) is 0 Å². The quantitative estimate of drug-likeness (QED) is 0.200. The Morgan fingerprint density at radius 1 is 0.853 bits per heavy atom. The molecule has 4 nitrogen and oxygen atoms in total. The molecule has 0 aliphatic heterocycles. The van der Waals surface area contributed by atoms with E-state index in [2.05, 4.69) is 38.5 Å². The van der Waals surface area contributed by atoms with Gasteiger partial charge in [-0.15, -0.1) is 26.3 Å². The van der Waals surface area contributed by atoms with E-state index in [1.807, 2.05) is 24.3 Å². The fourth-order valence-electron chi connectivity index (χ4n) is 3.23. The number of hydrogen-bond donors (Lipinski definition) is 2. The molecule has 0 saturated carbocycles. The summed E-state index contributed by atoms with van der Waals surface area (Å²) in [4.78, 5) is 10.1. The molecule has 0 spiro atoms. The topological polar surface area (TPSA) is 66.8 Å². The number of hydrogen-bond acceptors (Lipinski definition) is 4. The Bertz CT molecular complexity index is 469. The van der Waals surface area contributed by atoms with Gasteiger partial charge in [-0.1, -0.05) is 36.5 Å². The van der Waals surface area contributed by atoms with Gasteiger partial charge in [0.15, 0.2) is 17.4 Å². The van der Waals surface area contributed by atoms with Crippen LogP contribution in [-0.2, 0) is 9.53 Å². The predicted molar refractivity (Wildman–Crippen MR) is 148 cm³/mol. The predicted octanol–water partition coefficient (Wildman–Crippen LogP) is 2.65. The van der Waals surface area contributed by atoms with Crippen molar-refractivity contribution in [2.24, 2.45) is 11.8 Å². The standard InChI is InChI=1S/C10H16O2.C10H18O.C8H14O.Al.Li.4H/c1-3-5-7-10(12-9-11)8-6-4-2;1-3-5-7-10(9-11)8-6-4-2;9-7-8-5-3-1-2-4-6-8;;;;;;/h3-4,9-10H,1-2,5-8H2;3-4,10-11H,1-2,5-9H2;1-2,8-9H,3-7H2;;;;;;/q;;;;+1;;;;-1. The van der Waals surface area contributed by atoms with Gasteiger partial charge in [-0.25, -0.2) is 0 Å². The van der Waals surface area contributed by atoms with Crippen molar-refractivity contribution < 1.29 is 40.0 Å². The molecule has 1 aliphatic carbocycles. The maximum atomic E-state index is 10.1. The molecule has 1 aliphatic rings. The molecule has 0 aromatic heterocycles. The summed E-state index contributed by atoms with van der Waals surface area (Å²) in [6.45, 7) is 15.7. The van der Waals surface area contributed by atoms with Gasteiger partial charge >= 0.3 is 18.9 Å². The van der Waals surface area contributed by atoms with E-state index in [1.165, 1.54) is 12.8 Å². The summed E-state index contributed by atoms with van der Waals surface area (Å²) in [5.41, 5.74) is 0. The van der Waals surface area contributed by atoms with Crippen LogP contribution < -0.4 is 18.9 Å². The van der Waals surface area contributed by atoms with Crippen LogP contribution in [0.2, 0.25) is 0 Å². The largest absolute Gasteiger partial charge is 1.00 e. The SMILES string of the molecule is C=CCCC(CCC=C)OC=O.C=CCCC(CO)CCC=C.OCC1CCC=CCC1.[AlH3].[H-].[Li+]. The Kier molecular flexibility index (Phi) is 40.9. The molecule has 0 aromatic rings. The molecule has 2 N–H and O–H groups in total. The van der Waals surface area contributed by atoms with Crippen molar-refractivity contribution in [1.29, 1.82) is 0 Å². The molecular formula is C28H52AlLiO4. The van der Waals surface area contributed by atoms with Crippen LogP contribution >= 0.6 is 0 Å². The van der Waals surface area contributed by atoms with Gasteiger partial charge in [0.1, 0.15) is 6.10 Å². The van der Waals surface area contributed by atoms with E-state index in [0.29, 0.717) is 31.5 Å². The molecule has 0 radical (unpaired) electrons. The molecular weight excluding hydrogens is 434 g/mol. The Balaban J connectivity index is -0.000000124. The summed E-state index contributed by atoms with van der Waals surface area (Å²) >= 11 is 0. The molecule has 0 amide bonds. The first-order valence-corrected chi connectivity index (χ1v) is 12.0. The van der Waals surface area contributed by atoms with Crippen molar-refractivity contribution in [3.05, 3.63) is 62.8 Å². The Morgan fingerprint density at radius 2 is 1.26 bits per heavy atom. The average molecular weight is 487 g/mol. The van der Waals surface area contributed by atoms with Gasteiger partial charge in [-0.3, -0.25) is 4.79 Å². The summed E-state index contributed by atoms with van der Waals surface area (Å²) < 4.78 is 4.87. The molecule has 0 aromatic carbocycles. The summed E-state index contributed by atoms with van der Waals surface area (Å²) in [5, 5.41) is 17.7. The maximum Gasteiger partial charge on any atom is 1.00 e. The first-order chi connectivity index (χ1) is 15.6. The van der Waals surface area contributed by atoms with Gasteiger partial charge in [0.25, 0.3) is 6.47 Å². The Morgan fingerprint density at radius 3 is 1.59 bits per heavy atom. The Hall–Kier alpha value is -0.780. The molecule has 1 rings (SSSR count). The van der Waals surface area contributed by atoms with Gasteiger partial charge in [-0.2, -0.15) is 0 Å². The summed E-state index contributed by atoms with van der Waals surface area (Å²) in [6, 6.07) is 0. The number of ether oxygens (including phenoxy) is 1. The molecule has 0 saturated heterocycles. The molecule has 0 bridgehead atoms. The number of allylic oxidation sites excluding steroid dienone is 6. The third-order valence-corrected chi connectivity index (χ3v) is 5.36. The first-order valence-electron chi connectivity index (χ1n) is 12.0. The van der Waals surface area contributed by atoms with Crippen LogP contribution in [0, 0.1) is 11.8 Å². The maximum absolute atomic E-state index is 10.1. The van der Waals surface area contributed by atoms with Crippen molar-refractivity contribution in [2.45, 2.75) is 83.2 Å². The zero-order chi connectivity index (χ0) is 24.3. The van der Waals surface area contributed by atoms with Crippen molar-refractivity contribution in [2.75, 3.05) is 13.2 Å². The third kappa shape index (κ3) is 29.3. The van der Waals surface area contributed by atoms with Crippen LogP contribution in [-0.4, -0.2) is 53.4 Å². The zero-order valence-corrected chi connectivity index (χ0v) is 21.2. The van der Waals surface area contributed by atoms with E-state index < -0.39 is 0 Å². The average Bonchev–Trinajstić information content (AvgIpc) is 3.11. The second kappa shape index (κ2) is 34.4. The van der Waals surface area contributed by atoms with E-state index in [-0.39, 0.29) is 43.8 Å². The minimum atomic E-state index is 0. The van der Waals surface area contributed by atoms with Crippen molar-refractivity contribution >= 4 is 23.8 Å². The molecule has 0 atom stereocenters. The number of aliphatic hydroxyl groups excluding tert-OH is 2. The molecule has 192 valence electrons. The third-order valence-electron chi connectivity index (χ3n) is 5.36. The Labute approximate surface area is 234 Å². The number of carbonyl (C=O) groups is 1. The normalized spacial score (nSPS) is 12.4. The summed E-state index contributed by atoms with van der Waals surface area (Å²) in [6.07, 6.45) is 24.2. The molecule has 0 heterocycles. The molecule has 0 fully saturated rings. The number of carbonyl (C=O) groups excluding carboxylic acids is 1. The van der Waals surface area contributed by atoms with E-state index in [0.717, 1.165) is 64.2 Å². The molecule has 6 heteroatoms. The van der Waals surface area contributed by atoms with Crippen LogP contribution in [0.25, 0.3) is 0 Å². The van der Waals surface area contributed by atoms with Crippen LogP contribution in [0.4, 0.5) is 0 Å². The summed E-state index contributed by atoms with van der Waals surface area (Å²) in [7, 11) is 0. The molecule has 0 unspecified atom stereocenters. The smallest absolute Gasteiger partial charge is 1.00 e. The van der Waals surface area contributed by atoms with Gasteiger partial charge in [0.05, 0.1) is 0 Å². The van der Waals surface area contributed by atoms with Gasteiger partial charge in [-0.05, 0) is 88.9 Å². The van der Waals surface area contributed by atoms with Gasteiger partial charge < -0.3 is 16.4 Å². The second-order valence-corrected chi connectivity index (χ2v) is 8.04. The minimum Gasteiger partial charge on any atom is -1.00 e. The molecule has 34 heavy (non-hydrogen) atoms. The van der Waals surface area contributed by atoms with Gasteiger partial charge in [0.2, 0.25) is 0 Å². The monoisotopic (exact) mass is 486 g/mol. The minimum absolute atomic E-state index is 0. The van der Waals surface area contributed by atoms with Crippen LogP contribution in [0.5, 0.6) is 0 Å². The van der Waals surface area contributed by atoms with Crippen LogP contribution in [0.3, 0.4) is 0 Å². The van der Waals surface area contributed by atoms with E-state index in [4.69, 9.17) is 14.9 Å². The van der Waals surface area contributed by atoms with E-state index >= 15 is 0 Å². The van der Waals surface area contributed by atoms with Crippen molar-refractivity contribution in [1.82, 2.24) is 0 Å². The van der Waals surface area contributed by atoms with Gasteiger partial charge in [0, 0.05) is 13.2 Å². The van der Waals surface area contributed by atoms with Crippen LogP contribution in [0.15, 0.2) is 62.8 Å². The second-order valence-electron chi connectivity index (χ2n) is 8.04. The fraction of sp³-hybridized carbons (Fsp3) is 0.607. The van der Waals surface area contributed by atoms with Crippen molar-refractivity contribution in [3.63, 3.8) is 0 Å². The fourth-order valence-corrected chi connectivity index (χ4v) is 3.23. The summed E-state index contributed by atoms with van der Waals surface area (Å²) in [5.74, 6) is 1.01.